The molecule has 0 atom stereocenters. The molecule has 2 aromatic carbocycles. The van der Waals surface area contributed by atoms with Crippen LogP contribution >= 0.6 is 11.3 Å². The van der Waals surface area contributed by atoms with E-state index < -0.39 is 17.3 Å². The number of carbonyl (C=O) groups is 2. The van der Waals surface area contributed by atoms with Crippen LogP contribution in [-0.4, -0.2) is 34.7 Å². The van der Waals surface area contributed by atoms with Crippen molar-refractivity contribution in [3.05, 3.63) is 70.2 Å². The van der Waals surface area contributed by atoms with Crippen LogP contribution < -0.4 is 4.74 Å². The second-order valence-corrected chi connectivity index (χ2v) is 9.14. The third-order valence-corrected chi connectivity index (χ3v) is 6.00. The molecular formula is C24H23F3N2O3S. The minimum absolute atomic E-state index is 0.231. The van der Waals surface area contributed by atoms with E-state index in [2.05, 4.69) is 4.98 Å². The lowest BCUT2D eigenvalue weighted by Gasteiger charge is -2.20. The quantitative estimate of drug-likeness (QED) is 0.407. The number of aryl methyl sites for hydroxylation is 1. The van der Waals surface area contributed by atoms with Gasteiger partial charge in [-0.05, 0) is 50.6 Å². The van der Waals surface area contributed by atoms with Crippen molar-refractivity contribution in [2.75, 3.05) is 7.05 Å². The van der Waals surface area contributed by atoms with Crippen LogP contribution in [0.2, 0.25) is 0 Å². The van der Waals surface area contributed by atoms with E-state index >= 15 is 0 Å². The molecule has 0 aliphatic heterocycles. The van der Waals surface area contributed by atoms with Crippen LogP contribution in [0.15, 0.2) is 48.5 Å². The topological polar surface area (TPSA) is 59.5 Å². The highest BCUT2D eigenvalue weighted by Crippen LogP contribution is 2.33. The molecule has 0 saturated carbocycles. The van der Waals surface area contributed by atoms with Crippen LogP contribution in [0.4, 0.5) is 13.2 Å². The molecule has 33 heavy (non-hydrogen) atoms. The molecule has 9 heteroatoms. The third-order valence-electron chi connectivity index (χ3n) is 4.80. The van der Waals surface area contributed by atoms with Crippen LogP contribution in [0.25, 0.3) is 10.6 Å². The molecule has 0 unspecified atom stereocenters. The molecule has 1 heterocycles. The second-order valence-electron chi connectivity index (χ2n) is 8.14. The number of alkyl halides is 3. The molecule has 1 aromatic heterocycles. The Hall–Kier alpha value is -3.20. The Kier molecular flexibility index (Phi) is 6.92. The van der Waals surface area contributed by atoms with Crippen molar-refractivity contribution in [2.24, 2.45) is 0 Å². The Morgan fingerprint density at radius 2 is 1.70 bits per heavy atom. The first-order valence-corrected chi connectivity index (χ1v) is 10.9. The summed E-state index contributed by atoms with van der Waals surface area (Å²) in [5.41, 5.74) is 0.245. The van der Waals surface area contributed by atoms with E-state index in [1.54, 1.807) is 44.9 Å². The lowest BCUT2D eigenvalue weighted by Crippen LogP contribution is -2.29. The predicted molar refractivity (Wildman–Crippen MR) is 120 cm³/mol. The summed E-state index contributed by atoms with van der Waals surface area (Å²) in [4.78, 5) is 30.3. The van der Waals surface area contributed by atoms with Gasteiger partial charge in [0, 0.05) is 19.2 Å². The average molecular weight is 477 g/mol. The number of benzene rings is 2. The fraction of sp³-hybridized carbons (Fsp3) is 0.292. The largest absolute Gasteiger partial charge is 0.480 e. The zero-order valence-corrected chi connectivity index (χ0v) is 19.4. The zero-order valence-electron chi connectivity index (χ0n) is 18.6. The molecule has 174 valence electrons. The molecule has 0 bridgehead atoms. The fourth-order valence-corrected chi connectivity index (χ4v) is 4.10. The van der Waals surface area contributed by atoms with Crippen molar-refractivity contribution in [3.8, 4) is 16.3 Å². The first-order valence-electron chi connectivity index (χ1n) is 10.0. The number of nitrogens with zero attached hydrogens (tertiary/aromatic N) is 2. The molecule has 0 aliphatic carbocycles. The van der Waals surface area contributed by atoms with Gasteiger partial charge in [-0.2, -0.15) is 13.2 Å². The molecule has 0 N–H and O–H groups in total. The number of hydrogen-bond acceptors (Lipinski definition) is 5. The van der Waals surface area contributed by atoms with Crippen molar-refractivity contribution >= 4 is 23.5 Å². The highest BCUT2D eigenvalue weighted by molar-refractivity contribution is 7.17. The van der Waals surface area contributed by atoms with Crippen molar-refractivity contribution in [2.45, 2.75) is 39.1 Å². The lowest BCUT2D eigenvalue weighted by atomic mass is 10.1. The average Bonchev–Trinajstić information content (AvgIpc) is 3.15. The summed E-state index contributed by atoms with van der Waals surface area (Å²) in [6, 6.07) is 11.8. The number of carbonyl (C=O) groups excluding carboxylic acids is 2. The molecule has 3 aromatic rings. The summed E-state index contributed by atoms with van der Waals surface area (Å²) >= 11 is 1.15. The van der Waals surface area contributed by atoms with E-state index in [0.717, 1.165) is 35.3 Å². The molecule has 5 nitrogen and oxygen atoms in total. The molecule has 0 saturated heterocycles. The molecule has 0 aliphatic rings. The lowest BCUT2D eigenvalue weighted by molar-refractivity contribution is -0.137. The number of aromatic nitrogens is 1. The smallest absolute Gasteiger partial charge is 0.416 e. The highest BCUT2D eigenvalue weighted by atomic mass is 32.1. The summed E-state index contributed by atoms with van der Waals surface area (Å²) in [5.74, 6) is 0.315. The number of amides is 1. The maximum Gasteiger partial charge on any atom is 0.416 e. The van der Waals surface area contributed by atoms with Gasteiger partial charge in [-0.25, -0.2) is 4.98 Å². The second kappa shape index (κ2) is 9.35. The monoisotopic (exact) mass is 476 g/mol. The van der Waals surface area contributed by atoms with E-state index in [9.17, 15) is 22.8 Å². The van der Waals surface area contributed by atoms with Crippen LogP contribution in [0, 0.1) is 6.92 Å². The minimum Gasteiger partial charge on any atom is -0.480 e. The fourth-order valence-electron chi connectivity index (χ4n) is 3.03. The summed E-state index contributed by atoms with van der Waals surface area (Å²) in [6.07, 6.45) is -3.68. The first-order chi connectivity index (χ1) is 15.4. The van der Waals surface area contributed by atoms with Crippen LogP contribution in [0.5, 0.6) is 5.75 Å². The van der Waals surface area contributed by atoms with Gasteiger partial charge < -0.3 is 9.64 Å². The maximum atomic E-state index is 13.0. The van der Waals surface area contributed by atoms with Gasteiger partial charge in [0.25, 0.3) is 5.91 Å². The Balaban J connectivity index is 1.71. The molecular weight excluding hydrogens is 453 g/mol. The van der Waals surface area contributed by atoms with Crippen molar-refractivity contribution in [1.29, 1.82) is 0 Å². The molecule has 0 fully saturated rings. The predicted octanol–water partition coefficient (Wildman–Crippen LogP) is 5.77. The van der Waals surface area contributed by atoms with Gasteiger partial charge in [-0.1, -0.05) is 24.3 Å². The van der Waals surface area contributed by atoms with E-state index in [4.69, 9.17) is 4.74 Å². The zero-order chi connectivity index (χ0) is 24.4. The molecule has 3 rings (SSSR count). The van der Waals surface area contributed by atoms with E-state index in [-0.39, 0.29) is 5.91 Å². The van der Waals surface area contributed by atoms with Crippen LogP contribution in [-0.2, 0) is 17.5 Å². The maximum absolute atomic E-state index is 13.0. The van der Waals surface area contributed by atoms with Crippen LogP contribution in [0.3, 0.4) is 0 Å². The number of ether oxygens (including phenoxy) is 1. The summed E-state index contributed by atoms with van der Waals surface area (Å²) < 4.78 is 44.0. The van der Waals surface area contributed by atoms with Crippen LogP contribution in [0.1, 0.15) is 40.3 Å². The molecule has 0 radical (unpaired) electrons. The van der Waals surface area contributed by atoms with Gasteiger partial charge in [0.05, 0.1) is 11.3 Å². The number of thiazole rings is 1. The van der Waals surface area contributed by atoms with Gasteiger partial charge in [0.15, 0.2) is 11.9 Å². The van der Waals surface area contributed by atoms with Crippen molar-refractivity contribution < 1.29 is 27.5 Å². The number of hydrogen-bond donors (Lipinski definition) is 0. The minimum atomic E-state index is -4.41. The Bertz CT molecular complexity index is 1140. The van der Waals surface area contributed by atoms with E-state index in [1.165, 1.54) is 12.1 Å². The number of rotatable bonds is 7. The van der Waals surface area contributed by atoms with Crippen molar-refractivity contribution in [3.63, 3.8) is 0 Å². The van der Waals surface area contributed by atoms with Gasteiger partial charge in [-0.3, -0.25) is 9.59 Å². The number of halogens is 3. The summed E-state index contributed by atoms with van der Waals surface area (Å²) in [5, 5.41) is 0.484. The SMILES string of the molecule is Cc1nc(-c2ccc(C(F)(F)F)cc2)sc1C(=O)N(C)Cc1ccc(OC(C)(C)C=O)cc1. The van der Waals surface area contributed by atoms with E-state index in [1.807, 2.05) is 12.1 Å². The van der Waals surface area contributed by atoms with Gasteiger partial charge in [0.1, 0.15) is 15.6 Å². The van der Waals surface area contributed by atoms with Gasteiger partial charge in [0.2, 0.25) is 0 Å². The van der Waals surface area contributed by atoms with Gasteiger partial charge >= 0.3 is 6.18 Å². The van der Waals surface area contributed by atoms with Gasteiger partial charge in [-0.15, -0.1) is 11.3 Å². The molecule has 1 amide bonds. The van der Waals surface area contributed by atoms with E-state index in [0.29, 0.717) is 33.4 Å². The summed E-state index contributed by atoms with van der Waals surface area (Å²) in [6.45, 7) is 5.36. The first kappa shape index (κ1) is 24.4. The number of aldehydes is 1. The Morgan fingerprint density at radius 3 is 2.24 bits per heavy atom. The Labute approximate surface area is 193 Å². The highest BCUT2D eigenvalue weighted by Gasteiger charge is 2.30. The standard InChI is InChI=1S/C24H23F3N2O3S/c1-15-20(33-21(28-15)17-7-9-18(10-8-17)24(25,26)27)22(31)29(4)13-16-5-11-19(12-6-16)32-23(2,3)14-30/h5-12,14H,13H2,1-4H3. The normalized spacial score (nSPS) is 11.8. The van der Waals surface area contributed by atoms with Crippen molar-refractivity contribution in [1.82, 2.24) is 9.88 Å². The Morgan fingerprint density at radius 1 is 1.09 bits per heavy atom. The summed E-state index contributed by atoms with van der Waals surface area (Å²) in [7, 11) is 1.67. The molecule has 0 spiro atoms. The third kappa shape index (κ3) is 5.98.